The standard InChI is InChI=1S/C28H31N9O2/c1-5-6-9-21-17-36(27-25(19(4)38)15-30-37(27)18(2)3)28(39)35(21)16-20-14-29-13-12-22(20)23-10-7-8-11-24(23)26-31-33-34-32-26/h7-8,10-15,17-18H,5-6,9,16H2,1-4H3,(H,31,32,33,34). The molecule has 0 aliphatic carbocycles. The van der Waals surface area contributed by atoms with Gasteiger partial charge in [-0.15, -0.1) is 5.10 Å². The number of tetrazole rings is 1. The fourth-order valence-corrected chi connectivity index (χ4v) is 4.81. The number of pyridine rings is 1. The number of imidazole rings is 1. The second-order valence-corrected chi connectivity index (χ2v) is 9.77. The van der Waals surface area contributed by atoms with Crippen molar-refractivity contribution >= 4 is 5.78 Å². The van der Waals surface area contributed by atoms with Crippen LogP contribution in [0.1, 0.15) is 68.2 Å². The van der Waals surface area contributed by atoms with Gasteiger partial charge in [-0.3, -0.25) is 18.9 Å². The molecule has 0 fully saturated rings. The summed E-state index contributed by atoms with van der Waals surface area (Å²) < 4.78 is 5.07. The van der Waals surface area contributed by atoms with Gasteiger partial charge in [-0.1, -0.05) is 37.6 Å². The molecule has 5 aromatic rings. The molecule has 1 N–H and O–H groups in total. The van der Waals surface area contributed by atoms with E-state index in [9.17, 15) is 9.59 Å². The van der Waals surface area contributed by atoms with Crippen molar-refractivity contribution in [2.75, 3.05) is 0 Å². The van der Waals surface area contributed by atoms with Crippen LogP contribution in [0.15, 0.2) is 59.9 Å². The molecule has 4 aromatic heterocycles. The van der Waals surface area contributed by atoms with Crippen LogP contribution in [0.5, 0.6) is 0 Å². The molecule has 1 aromatic carbocycles. The molecule has 0 saturated heterocycles. The number of hydrogen-bond acceptors (Lipinski definition) is 7. The maximum atomic E-state index is 14.0. The molecule has 5 rings (SSSR count). The number of unbranched alkanes of at least 4 members (excludes halogenated alkanes) is 1. The van der Waals surface area contributed by atoms with Crippen LogP contribution < -0.4 is 5.69 Å². The Morgan fingerprint density at radius 2 is 1.87 bits per heavy atom. The Labute approximate surface area is 225 Å². The van der Waals surface area contributed by atoms with Gasteiger partial charge in [-0.2, -0.15) is 5.10 Å². The van der Waals surface area contributed by atoms with E-state index >= 15 is 0 Å². The van der Waals surface area contributed by atoms with E-state index in [1.165, 1.54) is 6.92 Å². The Hall–Kier alpha value is -4.67. The van der Waals surface area contributed by atoms with Crippen LogP contribution >= 0.6 is 0 Å². The molecule has 11 nitrogen and oxygen atoms in total. The topological polar surface area (TPSA) is 129 Å². The summed E-state index contributed by atoms with van der Waals surface area (Å²) in [6, 6.07) is 9.75. The van der Waals surface area contributed by atoms with Gasteiger partial charge in [0.1, 0.15) is 5.82 Å². The number of nitrogens with one attached hydrogen (secondary N) is 1. The van der Waals surface area contributed by atoms with Crippen LogP contribution in [0.2, 0.25) is 0 Å². The summed E-state index contributed by atoms with van der Waals surface area (Å²) in [5.41, 5.74) is 4.64. The van der Waals surface area contributed by atoms with Crippen LogP contribution in [-0.2, 0) is 13.0 Å². The van der Waals surface area contributed by atoms with Gasteiger partial charge in [0.05, 0.1) is 18.3 Å². The summed E-state index contributed by atoms with van der Waals surface area (Å²) in [6.45, 7) is 7.88. The average Bonchev–Trinajstić information content (AvgIpc) is 3.68. The van der Waals surface area contributed by atoms with E-state index < -0.39 is 0 Å². The number of benzene rings is 1. The zero-order valence-corrected chi connectivity index (χ0v) is 22.5. The number of H-pyrrole nitrogens is 1. The fourth-order valence-electron chi connectivity index (χ4n) is 4.81. The molecule has 200 valence electrons. The number of ketones is 1. The Morgan fingerprint density at radius 1 is 1.08 bits per heavy atom. The van der Waals surface area contributed by atoms with Gasteiger partial charge in [0.25, 0.3) is 0 Å². The zero-order valence-electron chi connectivity index (χ0n) is 22.5. The maximum absolute atomic E-state index is 14.0. The third-order valence-electron chi connectivity index (χ3n) is 6.76. The molecule has 0 aliphatic rings. The predicted molar refractivity (Wildman–Crippen MR) is 147 cm³/mol. The summed E-state index contributed by atoms with van der Waals surface area (Å²) in [5, 5.41) is 18.8. The molecule has 0 saturated carbocycles. The van der Waals surface area contributed by atoms with Crippen molar-refractivity contribution in [2.45, 2.75) is 59.5 Å². The minimum absolute atomic E-state index is 0.0329. The second-order valence-electron chi connectivity index (χ2n) is 9.77. The highest BCUT2D eigenvalue weighted by Crippen LogP contribution is 2.32. The third kappa shape index (κ3) is 4.95. The van der Waals surface area contributed by atoms with E-state index in [0.717, 1.165) is 47.2 Å². The van der Waals surface area contributed by atoms with E-state index in [1.807, 2.05) is 50.4 Å². The van der Waals surface area contributed by atoms with E-state index in [-0.39, 0.29) is 17.5 Å². The number of aromatic amines is 1. The molecular formula is C28H31N9O2. The number of aromatic nitrogens is 9. The van der Waals surface area contributed by atoms with Crippen LogP contribution in [0, 0.1) is 0 Å². The van der Waals surface area contributed by atoms with Crippen molar-refractivity contribution in [1.29, 1.82) is 0 Å². The van der Waals surface area contributed by atoms with Crippen molar-refractivity contribution in [3.8, 4) is 28.3 Å². The lowest BCUT2D eigenvalue weighted by molar-refractivity contribution is 0.101. The largest absolute Gasteiger partial charge is 0.334 e. The minimum atomic E-state index is -0.228. The van der Waals surface area contributed by atoms with Gasteiger partial charge >= 0.3 is 5.69 Å². The van der Waals surface area contributed by atoms with Crippen molar-refractivity contribution in [3.63, 3.8) is 0 Å². The first kappa shape index (κ1) is 26.0. The van der Waals surface area contributed by atoms with E-state index in [0.29, 0.717) is 23.8 Å². The number of Topliss-reactive ketones (excluding diaryl/α,β-unsaturated/α-hetero) is 1. The number of carbonyl (C=O) groups excluding carboxylic acids is 1. The number of carbonyl (C=O) groups is 1. The second kappa shape index (κ2) is 11.0. The highest BCUT2D eigenvalue weighted by Gasteiger charge is 2.23. The van der Waals surface area contributed by atoms with Crippen LogP contribution in [-0.4, -0.2) is 50.3 Å². The number of hydrogen-bond donors (Lipinski definition) is 1. The highest BCUT2D eigenvalue weighted by atomic mass is 16.2. The van der Waals surface area contributed by atoms with E-state index in [2.05, 4.69) is 37.6 Å². The van der Waals surface area contributed by atoms with Crippen molar-refractivity contribution < 1.29 is 4.79 Å². The number of aryl methyl sites for hydroxylation is 1. The lowest BCUT2D eigenvalue weighted by atomic mass is 9.96. The molecule has 11 heteroatoms. The van der Waals surface area contributed by atoms with Crippen LogP contribution in [0.4, 0.5) is 0 Å². The molecule has 0 bridgehead atoms. The molecule has 0 spiro atoms. The van der Waals surface area contributed by atoms with Crippen molar-refractivity contribution in [3.05, 3.63) is 82.4 Å². The first-order chi connectivity index (χ1) is 18.9. The minimum Gasteiger partial charge on any atom is -0.294 e. The molecule has 0 radical (unpaired) electrons. The zero-order chi connectivity index (χ0) is 27.5. The summed E-state index contributed by atoms with van der Waals surface area (Å²) in [7, 11) is 0. The molecular weight excluding hydrogens is 494 g/mol. The maximum Gasteiger partial charge on any atom is 0.334 e. The lowest BCUT2D eigenvalue weighted by Gasteiger charge is -2.14. The van der Waals surface area contributed by atoms with Gasteiger partial charge in [-0.05, 0) is 66.8 Å². The summed E-state index contributed by atoms with van der Waals surface area (Å²) >= 11 is 0. The first-order valence-electron chi connectivity index (χ1n) is 13.1. The fraction of sp³-hybridized carbons (Fsp3) is 0.321. The normalized spacial score (nSPS) is 11.4. The predicted octanol–water partition coefficient (Wildman–Crippen LogP) is 4.25. The molecule has 4 heterocycles. The molecule has 0 unspecified atom stereocenters. The quantitative estimate of drug-likeness (QED) is 0.270. The van der Waals surface area contributed by atoms with Crippen LogP contribution in [0.25, 0.3) is 28.3 Å². The van der Waals surface area contributed by atoms with E-state index in [1.54, 1.807) is 32.4 Å². The first-order valence-corrected chi connectivity index (χ1v) is 13.1. The molecule has 0 aliphatic heterocycles. The SMILES string of the molecule is CCCCc1cn(-c2c(C(C)=O)cnn2C(C)C)c(=O)n1Cc1cnccc1-c1ccccc1-c1nnn[nH]1. The smallest absolute Gasteiger partial charge is 0.294 e. The molecule has 39 heavy (non-hydrogen) atoms. The average molecular weight is 526 g/mol. The van der Waals surface area contributed by atoms with E-state index in [4.69, 9.17) is 0 Å². The Bertz CT molecular complexity index is 1660. The summed E-state index contributed by atoms with van der Waals surface area (Å²) in [5.74, 6) is 0.910. The Balaban J connectivity index is 1.65. The van der Waals surface area contributed by atoms with Gasteiger partial charge in [0.2, 0.25) is 0 Å². The van der Waals surface area contributed by atoms with Crippen molar-refractivity contribution in [1.82, 2.24) is 44.5 Å². The number of rotatable bonds is 10. The monoisotopic (exact) mass is 525 g/mol. The van der Waals surface area contributed by atoms with Crippen molar-refractivity contribution in [2.24, 2.45) is 0 Å². The van der Waals surface area contributed by atoms with Gasteiger partial charge in [0.15, 0.2) is 11.6 Å². The third-order valence-corrected chi connectivity index (χ3v) is 6.76. The van der Waals surface area contributed by atoms with Gasteiger partial charge < -0.3 is 0 Å². The molecule has 0 amide bonds. The van der Waals surface area contributed by atoms with Crippen LogP contribution in [0.3, 0.4) is 0 Å². The number of nitrogens with zero attached hydrogens (tertiary/aromatic N) is 8. The lowest BCUT2D eigenvalue weighted by Crippen LogP contribution is -2.27. The summed E-state index contributed by atoms with van der Waals surface area (Å²) in [4.78, 5) is 30.9. The summed E-state index contributed by atoms with van der Waals surface area (Å²) in [6.07, 6.45) is 9.55. The Kier molecular flexibility index (Phi) is 7.31. The van der Waals surface area contributed by atoms with Gasteiger partial charge in [-0.25, -0.2) is 14.6 Å². The Morgan fingerprint density at radius 3 is 2.56 bits per heavy atom. The van der Waals surface area contributed by atoms with Gasteiger partial charge in [0, 0.05) is 35.9 Å². The molecule has 0 atom stereocenters. The highest BCUT2D eigenvalue weighted by molar-refractivity contribution is 5.97.